The summed E-state index contributed by atoms with van der Waals surface area (Å²) in [6, 6.07) is 18.8. The van der Waals surface area contributed by atoms with Gasteiger partial charge in [0.05, 0.1) is 23.7 Å². The number of anilines is 1. The molecule has 3 rings (SSSR count). The Kier molecular flexibility index (Phi) is 5.70. The molecule has 0 N–H and O–H groups in total. The highest BCUT2D eigenvalue weighted by atomic mass is 32.2. The van der Waals surface area contributed by atoms with Crippen molar-refractivity contribution in [2.75, 3.05) is 11.4 Å². The van der Waals surface area contributed by atoms with Crippen molar-refractivity contribution in [2.45, 2.75) is 24.8 Å². The van der Waals surface area contributed by atoms with E-state index in [0.717, 1.165) is 5.56 Å². The standard InChI is InChI=1S/C22H22FNO3S/c1-16-11-13-20(14-12-16)28(25,26)24(19-8-6-7-18(23)15-19)17(2)21-9-4-5-10-22(21)27-3/h4-15,17H,1-3H3/t17-/m0/s1. The van der Waals surface area contributed by atoms with Crippen molar-refractivity contribution in [2.24, 2.45) is 0 Å². The second-order valence-electron chi connectivity index (χ2n) is 6.51. The summed E-state index contributed by atoms with van der Waals surface area (Å²) in [5, 5.41) is 0. The fourth-order valence-corrected chi connectivity index (χ4v) is 4.77. The summed E-state index contributed by atoms with van der Waals surface area (Å²) in [6.07, 6.45) is 0. The zero-order valence-corrected chi connectivity index (χ0v) is 16.8. The molecule has 0 aromatic heterocycles. The number of hydrogen-bond acceptors (Lipinski definition) is 3. The van der Waals surface area contributed by atoms with Gasteiger partial charge in [-0.1, -0.05) is 42.0 Å². The lowest BCUT2D eigenvalue weighted by Crippen LogP contribution is -2.34. The SMILES string of the molecule is COc1ccccc1[C@H](C)N(c1cccc(F)c1)S(=O)(=O)c1ccc(C)cc1. The summed E-state index contributed by atoms with van der Waals surface area (Å²) in [5.41, 5.74) is 1.89. The summed E-state index contributed by atoms with van der Waals surface area (Å²) in [4.78, 5) is 0.143. The lowest BCUT2D eigenvalue weighted by Gasteiger charge is -2.31. The molecular formula is C22H22FNO3S. The summed E-state index contributed by atoms with van der Waals surface area (Å²) in [6.45, 7) is 3.65. The zero-order chi connectivity index (χ0) is 20.3. The first-order chi connectivity index (χ1) is 13.3. The lowest BCUT2D eigenvalue weighted by atomic mass is 10.1. The maximum atomic E-state index is 13.9. The van der Waals surface area contributed by atoms with E-state index in [-0.39, 0.29) is 10.6 Å². The van der Waals surface area contributed by atoms with Gasteiger partial charge in [-0.15, -0.1) is 0 Å². The summed E-state index contributed by atoms with van der Waals surface area (Å²) < 4.78 is 47.7. The Balaban J connectivity index is 2.19. The Hall–Kier alpha value is -2.86. The van der Waals surface area contributed by atoms with Crippen LogP contribution in [0.25, 0.3) is 0 Å². The Labute approximate surface area is 165 Å². The molecule has 0 aliphatic carbocycles. The largest absolute Gasteiger partial charge is 0.496 e. The number of benzene rings is 3. The van der Waals surface area contributed by atoms with E-state index in [9.17, 15) is 12.8 Å². The molecule has 0 amide bonds. The molecule has 0 spiro atoms. The molecule has 0 saturated heterocycles. The quantitative estimate of drug-likeness (QED) is 0.579. The van der Waals surface area contributed by atoms with Crippen LogP contribution >= 0.6 is 0 Å². The van der Waals surface area contributed by atoms with E-state index in [1.54, 1.807) is 49.4 Å². The third kappa shape index (κ3) is 3.87. The number of halogens is 1. The topological polar surface area (TPSA) is 46.6 Å². The molecule has 0 bridgehead atoms. The molecular weight excluding hydrogens is 377 g/mol. The second-order valence-corrected chi connectivity index (χ2v) is 8.33. The Bertz CT molecular complexity index is 1070. The van der Waals surface area contributed by atoms with E-state index in [0.29, 0.717) is 11.3 Å². The number of para-hydroxylation sites is 1. The molecule has 0 heterocycles. The lowest BCUT2D eigenvalue weighted by molar-refractivity contribution is 0.407. The van der Waals surface area contributed by atoms with E-state index < -0.39 is 21.9 Å². The monoisotopic (exact) mass is 399 g/mol. The van der Waals surface area contributed by atoms with Crippen molar-refractivity contribution in [1.29, 1.82) is 0 Å². The van der Waals surface area contributed by atoms with Crippen LogP contribution in [0, 0.1) is 12.7 Å². The molecule has 0 fully saturated rings. The van der Waals surface area contributed by atoms with Gasteiger partial charge in [-0.25, -0.2) is 12.8 Å². The van der Waals surface area contributed by atoms with Gasteiger partial charge in [0, 0.05) is 5.56 Å². The Morgan fingerprint density at radius 2 is 1.64 bits per heavy atom. The predicted octanol–water partition coefficient (Wildman–Crippen LogP) is 5.10. The minimum Gasteiger partial charge on any atom is -0.496 e. The molecule has 0 radical (unpaired) electrons. The van der Waals surface area contributed by atoms with Crippen molar-refractivity contribution < 1.29 is 17.5 Å². The number of methoxy groups -OCH3 is 1. The number of hydrogen-bond donors (Lipinski definition) is 0. The molecule has 0 unspecified atom stereocenters. The molecule has 146 valence electrons. The van der Waals surface area contributed by atoms with Gasteiger partial charge >= 0.3 is 0 Å². The normalized spacial score (nSPS) is 12.4. The van der Waals surface area contributed by atoms with Crippen LogP contribution in [-0.4, -0.2) is 15.5 Å². The third-order valence-electron chi connectivity index (χ3n) is 4.58. The summed E-state index contributed by atoms with van der Waals surface area (Å²) >= 11 is 0. The van der Waals surface area contributed by atoms with Crippen LogP contribution in [0.15, 0.2) is 77.7 Å². The first-order valence-corrected chi connectivity index (χ1v) is 10.3. The Morgan fingerprint density at radius 1 is 0.964 bits per heavy atom. The smallest absolute Gasteiger partial charge is 0.264 e. The molecule has 28 heavy (non-hydrogen) atoms. The number of sulfonamides is 1. The van der Waals surface area contributed by atoms with Crippen LogP contribution in [0.2, 0.25) is 0 Å². The average Bonchev–Trinajstić information content (AvgIpc) is 2.68. The van der Waals surface area contributed by atoms with Crippen LogP contribution in [0.5, 0.6) is 5.75 Å². The van der Waals surface area contributed by atoms with Crippen LogP contribution in [-0.2, 0) is 10.0 Å². The van der Waals surface area contributed by atoms with Gasteiger partial charge in [-0.05, 0) is 50.2 Å². The van der Waals surface area contributed by atoms with Gasteiger partial charge in [-0.3, -0.25) is 4.31 Å². The van der Waals surface area contributed by atoms with Gasteiger partial charge in [-0.2, -0.15) is 0 Å². The van der Waals surface area contributed by atoms with Crippen molar-refractivity contribution in [3.8, 4) is 5.75 Å². The molecule has 0 aliphatic rings. The highest BCUT2D eigenvalue weighted by molar-refractivity contribution is 7.92. The average molecular weight is 399 g/mol. The van der Waals surface area contributed by atoms with Gasteiger partial charge in [0.1, 0.15) is 11.6 Å². The van der Waals surface area contributed by atoms with Crippen molar-refractivity contribution >= 4 is 15.7 Å². The minimum atomic E-state index is -3.95. The van der Waals surface area contributed by atoms with Crippen LogP contribution in [0.1, 0.15) is 24.1 Å². The van der Waals surface area contributed by atoms with E-state index >= 15 is 0 Å². The number of ether oxygens (including phenoxy) is 1. The first kappa shape index (κ1) is 19.9. The van der Waals surface area contributed by atoms with E-state index in [4.69, 9.17) is 4.74 Å². The van der Waals surface area contributed by atoms with Crippen molar-refractivity contribution in [3.05, 3.63) is 89.7 Å². The van der Waals surface area contributed by atoms with Crippen LogP contribution in [0.3, 0.4) is 0 Å². The maximum absolute atomic E-state index is 13.9. The molecule has 4 nitrogen and oxygen atoms in total. The third-order valence-corrected chi connectivity index (χ3v) is 6.49. The molecule has 6 heteroatoms. The highest BCUT2D eigenvalue weighted by Crippen LogP contribution is 2.36. The summed E-state index contributed by atoms with van der Waals surface area (Å²) in [7, 11) is -2.41. The molecule has 1 atom stereocenters. The second kappa shape index (κ2) is 8.02. The van der Waals surface area contributed by atoms with Crippen LogP contribution < -0.4 is 9.04 Å². The van der Waals surface area contributed by atoms with Crippen molar-refractivity contribution in [1.82, 2.24) is 0 Å². The number of aryl methyl sites for hydroxylation is 1. The Morgan fingerprint density at radius 3 is 2.29 bits per heavy atom. The van der Waals surface area contributed by atoms with Gasteiger partial charge in [0.15, 0.2) is 0 Å². The van der Waals surface area contributed by atoms with E-state index in [2.05, 4.69) is 0 Å². The molecule has 3 aromatic rings. The first-order valence-electron chi connectivity index (χ1n) is 8.84. The molecule has 0 saturated carbocycles. The number of nitrogens with zero attached hydrogens (tertiary/aromatic N) is 1. The fourth-order valence-electron chi connectivity index (χ4n) is 3.15. The predicted molar refractivity (Wildman–Crippen MR) is 109 cm³/mol. The molecule has 0 aliphatic heterocycles. The highest BCUT2D eigenvalue weighted by Gasteiger charge is 2.32. The van der Waals surface area contributed by atoms with Gasteiger partial charge < -0.3 is 4.74 Å². The van der Waals surface area contributed by atoms with Gasteiger partial charge in [0.2, 0.25) is 0 Å². The summed E-state index contributed by atoms with van der Waals surface area (Å²) in [5.74, 6) is 0.0596. The maximum Gasteiger partial charge on any atom is 0.264 e. The fraction of sp³-hybridized carbons (Fsp3) is 0.182. The van der Waals surface area contributed by atoms with Crippen LogP contribution in [0.4, 0.5) is 10.1 Å². The van der Waals surface area contributed by atoms with E-state index in [1.807, 2.05) is 19.1 Å². The molecule has 3 aromatic carbocycles. The van der Waals surface area contributed by atoms with E-state index in [1.165, 1.54) is 29.6 Å². The number of rotatable bonds is 6. The zero-order valence-electron chi connectivity index (χ0n) is 16.0. The minimum absolute atomic E-state index is 0.143. The van der Waals surface area contributed by atoms with Crippen molar-refractivity contribution in [3.63, 3.8) is 0 Å². The van der Waals surface area contributed by atoms with Gasteiger partial charge in [0.25, 0.3) is 10.0 Å².